The van der Waals surface area contributed by atoms with Crippen molar-refractivity contribution in [3.8, 4) is 0 Å². The average molecular weight is 537 g/mol. The Labute approximate surface area is 232 Å². The number of likely N-dealkylation sites (tertiary alicyclic amines) is 1. The van der Waals surface area contributed by atoms with Gasteiger partial charge >= 0.3 is 6.03 Å². The zero-order chi connectivity index (χ0) is 27.6. The fraction of sp³-hybridized carbons (Fsp3) is 0.323. The third-order valence-corrected chi connectivity index (χ3v) is 8.19. The number of hydrogen-bond acceptors (Lipinski definition) is 5. The van der Waals surface area contributed by atoms with E-state index in [1.165, 1.54) is 0 Å². The first-order valence-electron chi connectivity index (χ1n) is 13.8. The van der Waals surface area contributed by atoms with E-state index in [-0.39, 0.29) is 23.9 Å². The standard InChI is InChI=1S/C31H32N6O3/c1-20-12-22(14-25-17-33-35-30(20)25)13-24(27-7-6-21(19-38)16-32-27)15-29(39)36-10-8-26(9-11-36)37-18-23-4-2-3-5-28(23)34-31(37)40/h2-7,12,14,16-17,19,24,26H,8-11,13,15,18H2,1H3,(H,33,35)(H,34,40). The SMILES string of the molecule is Cc1cc(CC(CC(=O)N2CCC(N3Cc4ccccc4NC3=O)CC2)c2ccc(C=O)cn2)cc2cn[nH]c12. The second kappa shape index (κ2) is 10.9. The summed E-state index contributed by atoms with van der Waals surface area (Å²) in [6.07, 6.45) is 6.61. The van der Waals surface area contributed by atoms with Gasteiger partial charge < -0.3 is 15.1 Å². The number of rotatable bonds is 7. The van der Waals surface area contributed by atoms with Gasteiger partial charge in [0.05, 0.1) is 11.7 Å². The highest BCUT2D eigenvalue weighted by Crippen LogP contribution is 2.30. The van der Waals surface area contributed by atoms with E-state index in [0.717, 1.165) is 58.1 Å². The van der Waals surface area contributed by atoms with E-state index in [0.29, 0.717) is 38.0 Å². The van der Waals surface area contributed by atoms with Crippen molar-refractivity contribution in [1.29, 1.82) is 0 Å². The van der Waals surface area contributed by atoms with Crippen LogP contribution in [0.2, 0.25) is 0 Å². The zero-order valence-corrected chi connectivity index (χ0v) is 22.5. The van der Waals surface area contributed by atoms with Gasteiger partial charge in [0, 0.05) is 66.5 Å². The first-order valence-corrected chi connectivity index (χ1v) is 13.8. The number of para-hydroxylation sites is 1. The Morgan fingerprint density at radius 2 is 1.95 bits per heavy atom. The predicted molar refractivity (Wildman–Crippen MR) is 152 cm³/mol. The highest BCUT2D eigenvalue weighted by molar-refractivity contribution is 5.92. The number of pyridine rings is 1. The maximum atomic E-state index is 13.6. The molecule has 3 amide bonds. The average Bonchev–Trinajstić information content (AvgIpc) is 3.46. The molecule has 0 saturated carbocycles. The monoisotopic (exact) mass is 536 g/mol. The Balaban J connectivity index is 1.14. The van der Waals surface area contributed by atoms with Crippen molar-refractivity contribution in [1.82, 2.24) is 25.0 Å². The maximum absolute atomic E-state index is 13.6. The van der Waals surface area contributed by atoms with Crippen molar-refractivity contribution >= 4 is 34.8 Å². The number of aromatic amines is 1. The van der Waals surface area contributed by atoms with Crippen molar-refractivity contribution in [2.75, 3.05) is 18.4 Å². The van der Waals surface area contributed by atoms with Gasteiger partial charge in [-0.1, -0.05) is 24.3 Å². The second-order valence-corrected chi connectivity index (χ2v) is 10.8. The van der Waals surface area contributed by atoms with E-state index in [1.54, 1.807) is 12.3 Å². The summed E-state index contributed by atoms with van der Waals surface area (Å²) in [6, 6.07) is 15.8. The van der Waals surface area contributed by atoms with Crippen LogP contribution in [0.5, 0.6) is 0 Å². The second-order valence-electron chi connectivity index (χ2n) is 10.8. The van der Waals surface area contributed by atoms with Crippen LogP contribution in [0.15, 0.2) is 60.9 Å². The molecule has 6 rings (SSSR count). The highest BCUT2D eigenvalue weighted by atomic mass is 16.2. The fourth-order valence-corrected chi connectivity index (χ4v) is 6.01. The number of hydrogen-bond donors (Lipinski definition) is 2. The third-order valence-electron chi connectivity index (χ3n) is 8.19. The van der Waals surface area contributed by atoms with Gasteiger partial charge in [0.25, 0.3) is 0 Å². The minimum atomic E-state index is -0.140. The molecule has 0 radical (unpaired) electrons. The first-order chi connectivity index (χ1) is 19.5. The molecule has 1 fully saturated rings. The minimum Gasteiger partial charge on any atom is -0.343 e. The van der Waals surface area contributed by atoms with Crippen molar-refractivity contribution < 1.29 is 14.4 Å². The number of nitrogens with zero attached hydrogens (tertiary/aromatic N) is 4. The quantitative estimate of drug-likeness (QED) is 0.329. The van der Waals surface area contributed by atoms with Crippen LogP contribution in [0.25, 0.3) is 10.9 Å². The lowest BCUT2D eigenvalue weighted by Crippen LogP contribution is -2.51. The van der Waals surface area contributed by atoms with Gasteiger partial charge in [0.2, 0.25) is 5.91 Å². The van der Waals surface area contributed by atoms with Crippen molar-refractivity contribution in [3.63, 3.8) is 0 Å². The van der Waals surface area contributed by atoms with Crippen LogP contribution in [0.1, 0.15) is 57.9 Å². The van der Waals surface area contributed by atoms with Crippen LogP contribution in [0, 0.1) is 6.92 Å². The molecule has 1 atom stereocenters. The molecule has 204 valence electrons. The minimum absolute atomic E-state index is 0.0710. The molecule has 2 N–H and O–H groups in total. The Morgan fingerprint density at radius 1 is 1.12 bits per heavy atom. The van der Waals surface area contributed by atoms with Gasteiger partial charge in [-0.05, 0) is 67.1 Å². The molecule has 2 aromatic heterocycles. The molecular formula is C31H32N6O3. The van der Waals surface area contributed by atoms with E-state index in [4.69, 9.17) is 0 Å². The number of H-pyrrole nitrogens is 1. The Morgan fingerprint density at radius 3 is 2.73 bits per heavy atom. The number of aldehydes is 1. The number of anilines is 1. The summed E-state index contributed by atoms with van der Waals surface area (Å²) < 4.78 is 0. The smallest absolute Gasteiger partial charge is 0.322 e. The largest absolute Gasteiger partial charge is 0.343 e. The number of carbonyl (C=O) groups is 3. The van der Waals surface area contributed by atoms with E-state index in [2.05, 4.69) is 32.6 Å². The molecule has 4 heterocycles. The van der Waals surface area contributed by atoms with Crippen LogP contribution in [-0.4, -0.2) is 62.3 Å². The van der Waals surface area contributed by atoms with Crippen molar-refractivity contribution in [2.24, 2.45) is 0 Å². The van der Waals surface area contributed by atoms with Crippen LogP contribution in [-0.2, 0) is 17.8 Å². The Hall–Kier alpha value is -4.53. The molecule has 1 saturated heterocycles. The molecule has 2 aromatic carbocycles. The number of amides is 3. The molecule has 0 spiro atoms. The summed E-state index contributed by atoms with van der Waals surface area (Å²) in [5.41, 5.74) is 6.52. The molecule has 4 aromatic rings. The number of carbonyl (C=O) groups excluding carboxylic acids is 3. The third kappa shape index (κ3) is 5.19. The summed E-state index contributed by atoms with van der Waals surface area (Å²) >= 11 is 0. The van der Waals surface area contributed by atoms with E-state index >= 15 is 0 Å². The number of aryl methyl sites for hydroxylation is 1. The highest BCUT2D eigenvalue weighted by Gasteiger charge is 2.33. The van der Waals surface area contributed by atoms with Crippen LogP contribution in [0.4, 0.5) is 10.5 Å². The number of nitrogens with one attached hydrogen (secondary N) is 2. The summed E-state index contributed by atoms with van der Waals surface area (Å²) in [6.45, 7) is 3.86. The summed E-state index contributed by atoms with van der Waals surface area (Å²) in [5.74, 6) is -0.0571. The summed E-state index contributed by atoms with van der Waals surface area (Å²) in [7, 11) is 0. The van der Waals surface area contributed by atoms with Crippen LogP contribution >= 0.6 is 0 Å². The van der Waals surface area contributed by atoms with Crippen molar-refractivity contribution in [2.45, 2.75) is 51.1 Å². The molecule has 1 unspecified atom stereocenters. The molecule has 2 aliphatic rings. The lowest BCUT2D eigenvalue weighted by atomic mass is 9.90. The van der Waals surface area contributed by atoms with Gasteiger partial charge in [0.15, 0.2) is 6.29 Å². The zero-order valence-electron chi connectivity index (χ0n) is 22.5. The number of fused-ring (bicyclic) bond motifs is 2. The summed E-state index contributed by atoms with van der Waals surface area (Å²) in [5, 5.41) is 11.2. The number of benzene rings is 2. The molecule has 0 bridgehead atoms. The van der Waals surface area contributed by atoms with Gasteiger partial charge in [-0.15, -0.1) is 0 Å². The normalized spacial score (nSPS) is 16.5. The van der Waals surface area contributed by atoms with E-state index in [9.17, 15) is 14.4 Å². The molecule has 2 aliphatic heterocycles. The first kappa shape index (κ1) is 25.7. The molecule has 0 aliphatic carbocycles. The van der Waals surface area contributed by atoms with Gasteiger partial charge in [-0.3, -0.25) is 19.7 Å². The number of urea groups is 1. The van der Waals surface area contributed by atoms with Gasteiger partial charge in [-0.25, -0.2) is 4.79 Å². The molecule has 9 nitrogen and oxygen atoms in total. The fourth-order valence-electron chi connectivity index (χ4n) is 6.01. The van der Waals surface area contributed by atoms with E-state index < -0.39 is 0 Å². The van der Waals surface area contributed by atoms with Crippen molar-refractivity contribution in [3.05, 3.63) is 88.9 Å². The molecule has 9 heteroatoms. The lowest BCUT2D eigenvalue weighted by Gasteiger charge is -2.40. The van der Waals surface area contributed by atoms with E-state index in [1.807, 2.05) is 53.3 Å². The number of piperidine rings is 1. The lowest BCUT2D eigenvalue weighted by molar-refractivity contribution is -0.133. The Bertz CT molecular complexity index is 1560. The molecule has 40 heavy (non-hydrogen) atoms. The molecular weight excluding hydrogens is 504 g/mol. The van der Waals surface area contributed by atoms with Gasteiger partial charge in [-0.2, -0.15) is 5.10 Å². The predicted octanol–water partition coefficient (Wildman–Crippen LogP) is 4.83. The maximum Gasteiger partial charge on any atom is 0.322 e. The van der Waals surface area contributed by atoms with Gasteiger partial charge in [0.1, 0.15) is 0 Å². The Kier molecular flexibility index (Phi) is 7.02. The van der Waals surface area contributed by atoms with Crippen LogP contribution in [0.3, 0.4) is 0 Å². The topological polar surface area (TPSA) is 111 Å². The summed E-state index contributed by atoms with van der Waals surface area (Å²) in [4.78, 5) is 45.9. The van der Waals surface area contributed by atoms with Crippen LogP contribution < -0.4 is 5.32 Å². The number of aromatic nitrogens is 3.